The molecule has 0 saturated heterocycles. The first-order valence-corrected chi connectivity index (χ1v) is 4.04. The van der Waals surface area contributed by atoms with Crippen molar-refractivity contribution in [1.29, 1.82) is 0 Å². The van der Waals surface area contributed by atoms with Crippen molar-refractivity contribution in [3.63, 3.8) is 0 Å². The molecule has 5 nitrogen and oxygen atoms in total. The lowest BCUT2D eigenvalue weighted by Crippen LogP contribution is -1.94. The van der Waals surface area contributed by atoms with E-state index < -0.39 is 0 Å². The topological polar surface area (TPSA) is 65.4 Å². The summed E-state index contributed by atoms with van der Waals surface area (Å²) in [6, 6.07) is 3.65. The van der Waals surface area contributed by atoms with Crippen LogP contribution in [0.2, 0.25) is 0 Å². The van der Waals surface area contributed by atoms with Crippen LogP contribution < -0.4 is 10.5 Å². The average molecular weight is 178 g/mol. The van der Waals surface area contributed by atoms with Gasteiger partial charge in [-0.15, -0.1) is 5.10 Å². The van der Waals surface area contributed by atoms with E-state index in [0.717, 1.165) is 11.4 Å². The van der Waals surface area contributed by atoms with Crippen LogP contribution in [0, 0.1) is 0 Å². The lowest BCUT2D eigenvalue weighted by molar-refractivity contribution is 0.338. The Bertz CT molecular complexity index is 423. The third-order valence-electron chi connectivity index (χ3n) is 1.63. The molecule has 0 fully saturated rings. The van der Waals surface area contributed by atoms with Gasteiger partial charge in [-0.1, -0.05) is 0 Å². The molecule has 0 radical (unpaired) electrons. The van der Waals surface area contributed by atoms with Crippen molar-refractivity contribution in [3.05, 3.63) is 18.3 Å². The summed E-state index contributed by atoms with van der Waals surface area (Å²) in [5.41, 5.74) is 6.15. The number of nitrogens with zero attached hydrogens (tertiary/aromatic N) is 3. The zero-order valence-electron chi connectivity index (χ0n) is 7.27. The van der Waals surface area contributed by atoms with Crippen molar-refractivity contribution in [2.45, 2.75) is 6.92 Å². The maximum absolute atomic E-state index is 5.43. The van der Waals surface area contributed by atoms with Gasteiger partial charge in [0.15, 0.2) is 5.65 Å². The highest BCUT2D eigenvalue weighted by Crippen LogP contribution is 2.12. The third kappa shape index (κ3) is 1.40. The molecule has 0 bridgehead atoms. The molecule has 2 N–H and O–H groups in total. The van der Waals surface area contributed by atoms with Crippen LogP contribution in [-0.2, 0) is 0 Å². The molecule has 0 atom stereocenters. The first-order valence-electron chi connectivity index (χ1n) is 4.04. The lowest BCUT2D eigenvalue weighted by Gasteiger charge is -2.01. The maximum atomic E-state index is 5.43. The molecule has 5 heteroatoms. The summed E-state index contributed by atoms with van der Waals surface area (Å²) in [5, 5.41) is 3.96. The second-order valence-corrected chi connectivity index (χ2v) is 2.57. The number of ether oxygens (including phenoxy) is 1. The van der Waals surface area contributed by atoms with E-state index in [4.69, 9.17) is 10.5 Å². The molecule has 2 heterocycles. The lowest BCUT2D eigenvalue weighted by atomic mass is 10.4. The number of anilines is 1. The zero-order valence-corrected chi connectivity index (χ0v) is 7.27. The number of aromatic nitrogens is 3. The molecule has 68 valence electrons. The van der Waals surface area contributed by atoms with E-state index in [1.165, 1.54) is 0 Å². The van der Waals surface area contributed by atoms with Crippen molar-refractivity contribution in [3.8, 4) is 5.75 Å². The minimum atomic E-state index is 0.272. The fraction of sp³-hybridized carbons (Fsp3) is 0.250. The predicted molar refractivity (Wildman–Crippen MR) is 48.6 cm³/mol. The van der Waals surface area contributed by atoms with E-state index in [2.05, 4.69) is 10.1 Å². The Morgan fingerprint density at radius 1 is 1.54 bits per heavy atom. The SMILES string of the molecule is CCOc1ccc2nc(N)nn2c1. The van der Waals surface area contributed by atoms with E-state index in [-0.39, 0.29) is 5.95 Å². The molecule has 0 aliphatic carbocycles. The van der Waals surface area contributed by atoms with Gasteiger partial charge in [0.1, 0.15) is 5.75 Å². The number of pyridine rings is 1. The molecular weight excluding hydrogens is 168 g/mol. The van der Waals surface area contributed by atoms with Gasteiger partial charge in [-0.2, -0.15) is 4.98 Å². The van der Waals surface area contributed by atoms with Gasteiger partial charge in [-0.25, -0.2) is 4.52 Å². The predicted octanol–water partition coefficient (Wildman–Crippen LogP) is 0.710. The number of nitrogen functional groups attached to an aromatic ring is 1. The van der Waals surface area contributed by atoms with E-state index in [9.17, 15) is 0 Å². The molecular formula is C8H10N4O. The monoisotopic (exact) mass is 178 g/mol. The average Bonchev–Trinajstić information content (AvgIpc) is 2.44. The van der Waals surface area contributed by atoms with Gasteiger partial charge in [0.25, 0.3) is 0 Å². The minimum Gasteiger partial charge on any atom is -0.492 e. The van der Waals surface area contributed by atoms with Crippen LogP contribution >= 0.6 is 0 Å². The summed E-state index contributed by atoms with van der Waals surface area (Å²) < 4.78 is 6.89. The van der Waals surface area contributed by atoms with Crippen molar-refractivity contribution in [2.24, 2.45) is 0 Å². The quantitative estimate of drug-likeness (QED) is 0.735. The highest BCUT2D eigenvalue weighted by Gasteiger charge is 2.00. The number of nitrogens with two attached hydrogens (primary N) is 1. The molecule has 0 aliphatic rings. The standard InChI is InChI=1S/C8H10N4O/c1-2-13-6-3-4-7-10-8(9)11-12(7)5-6/h3-5H,2H2,1H3,(H2,9,11). The Labute approximate surface area is 75.1 Å². The number of rotatable bonds is 2. The molecule has 2 aromatic rings. The normalized spacial score (nSPS) is 10.5. The minimum absolute atomic E-state index is 0.272. The Hall–Kier alpha value is -1.78. The molecule has 2 rings (SSSR count). The smallest absolute Gasteiger partial charge is 0.240 e. The van der Waals surface area contributed by atoms with Crippen LogP contribution in [0.25, 0.3) is 5.65 Å². The van der Waals surface area contributed by atoms with Crippen LogP contribution in [-0.4, -0.2) is 21.2 Å². The van der Waals surface area contributed by atoms with E-state index in [1.807, 2.05) is 19.1 Å². The fourth-order valence-electron chi connectivity index (χ4n) is 1.13. The van der Waals surface area contributed by atoms with Gasteiger partial charge in [0, 0.05) is 0 Å². The molecule has 0 unspecified atom stereocenters. The van der Waals surface area contributed by atoms with Crippen LogP contribution in [0.4, 0.5) is 5.95 Å². The molecule has 0 saturated carbocycles. The summed E-state index contributed by atoms with van der Waals surface area (Å²) in [5.74, 6) is 1.04. The molecule has 0 spiro atoms. The highest BCUT2D eigenvalue weighted by atomic mass is 16.5. The van der Waals surface area contributed by atoms with Crippen molar-refractivity contribution in [2.75, 3.05) is 12.3 Å². The van der Waals surface area contributed by atoms with Crippen molar-refractivity contribution >= 4 is 11.6 Å². The van der Waals surface area contributed by atoms with Gasteiger partial charge < -0.3 is 10.5 Å². The van der Waals surface area contributed by atoms with Crippen LogP contribution in [0.15, 0.2) is 18.3 Å². The second-order valence-electron chi connectivity index (χ2n) is 2.57. The van der Waals surface area contributed by atoms with Crippen LogP contribution in [0.3, 0.4) is 0 Å². The Morgan fingerprint density at radius 3 is 3.15 bits per heavy atom. The first-order chi connectivity index (χ1) is 6.29. The highest BCUT2D eigenvalue weighted by molar-refractivity contribution is 5.43. The molecule has 0 aliphatic heterocycles. The van der Waals surface area contributed by atoms with Gasteiger partial charge in [0.2, 0.25) is 5.95 Å². The summed E-state index contributed by atoms with van der Waals surface area (Å²) in [6.45, 7) is 2.57. The second kappa shape index (κ2) is 2.93. The van der Waals surface area contributed by atoms with Crippen LogP contribution in [0.1, 0.15) is 6.92 Å². The molecule has 2 aromatic heterocycles. The summed E-state index contributed by atoms with van der Waals surface area (Å²) >= 11 is 0. The Balaban J connectivity index is 2.48. The van der Waals surface area contributed by atoms with Crippen molar-refractivity contribution in [1.82, 2.24) is 14.6 Å². The summed E-state index contributed by atoms with van der Waals surface area (Å²) in [7, 11) is 0. The number of hydrogen-bond donors (Lipinski definition) is 1. The fourth-order valence-corrected chi connectivity index (χ4v) is 1.13. The Morgan fingerprint density at radius 2 is 2.38 bits per heavy atom. The Kier molecular flexibility index (Phi) is 1.77. The van der Waals surface area contributed by atoms with Gasteiger partial charge in [0.05, 0.1) is 12.8 Å². The number of fused-ring (bicyclic) bond motifs is 1. The molecule has 0 aromatic carbocycles. The number of hydrogen-bond acceptors (Lipinski definition) is 4. The van der Waals surface area contributed by atoms with Crippen LogP contribution in [0.5, 0.6) is 5.75 Å². The van der Waals surface area contributed by atoms with E-state index in [1.54, 1.807) is 10.7 Å². The van der Waals surface area contributed by atoms with Gasteiger partial charge >= 0.3 is 0 Å². The third-order valence-corrected chi connectivity index (χ3v) is 1.63. The summed E-state index contributed by atoms with van der Waals surface area (Å²) in [4.78, 5) is 3.99. The van der Waals surface area contributed by atoms with Crippen molar-refractivity contribution < 1.29 is 4.74 Å². The maximum Gasteiger partial charge on any atom is 0.240 e. The summed E-state index contributed by atoms with van der Waals surface area (Å²) in [6.07, 6.45) is 1.75. The largest absolute Gasteiger partial charge is 0.492 e. The molecule has 13 heavy (non-hydrogen) atoms. The van der Waals surface area contributed by atoms with E-state index in [0.29, 0.717) is 6.61 Å². The molecule has 0 amide bonds. The van der Waals surface area contributed by atoms with E-state index >= 15 is 0 Å². The first kappa shape index (κ1) is 7.85. The van der Waals surface area contributed by atoms with Gasteiger partial charge in [-0.05, 0) is 19.1 Å². The zero-order chi connectivity index (χ0) is 9.26. The van der Waals surface area contributed by atoms with Gasteiger partial charge in [-0.3, -0.25) is 0 Å².